The molecule has 1 atom stereocenters. The van der Waals surface area contributed by atoms with E-state index in [0.29, 0.717) is 11.3 Å². The Balaban J connectivity index is 2.35. The van der Waals surface area contributed by atoms with Crippen LogP contribution in [-0.4, -0.2) is 30.4 Å². The van der Waals surface area contributed by atoms with Gasteiger partial charge >= 0.3 is 12.2 Å². The van der Waals surface area contributed by atoms with Gasteiger partial charge in [-0.15, -0.1) is 0 Å². The van der Waals surface area contributed by atoms with Gasteiger partial charge in [-0.25, -0.2) is 4.79 Å². The van der Waals surface area contributed by atoms with Gasteiger partial charge in [-0.1, -0.05) is 12.1 Å². The van der Waals surface area contributed by atoms with Crippen LogP contribution in [0.2, 0.25) is 0 Å². The van der Waals surface area contributed by atoms with Crippen LogP contribution in [0, 0.1) is 0 Å². The van der Waals surface area contributed by atoms with E-state index in [1.807, 2.05) is 0 Å². The van der Waals surface area contributed by atoms with E-state index in [-0.39, 0.29) is 6.54 Å². The Morgan fingerprint density at radius 1 is 1.26 bits per heavy atom. The van der Waals surface area contributed by atoms with Crippen LogP contribution >= 0.6 is 0 Å². The van der Waals surface area contributed by atoms with E-state index in [1.54, 1.807) is 29.6 Å². The number of amides is 2. The molecule has 1 aromatic carbocycles. The molecule has 0 radical (unpaired) electrons. The van der Waals surface area contributed by atoms with Crippen molar-refractivity contribution < 1.29 is 23.1 Å². The van der Waals surface area contributed by atoms with E-state index in [1.165, 1.54) is 0 Å². The molecule has 8 heteroatoms. The third-order valence-electron chi connectivity index (χ3n) is 2.23. The van der Waals surface area contributed by atoms with Gasteiger partial charge < -0.3 is 21.5 Å². The van der Waals surface area contributed by atoms with Gasteiger partial charge in [0.05, 0.1) is 6.10 Å². The highest BCUT2D eigenvalue weighted by atomic mass is 19.4. The fourth-order valence-corrected chi connectivity index (χ4v) is 1.27. The minimum absolute atomic E-state index is 0.201. The van der Waals surface area contributed by atoms with Gasteiger partial charge in [0.1, 0.15) is 6.54 Å². The minimum Gasteiger partial charge on any atom is -0.399 e. The summed E-state index contributed by atoms with van der Waals surface area (Å²) in [6.45, 7) is -1.62. The second-order valence-electron chi connectivity index (χ2n) is 3.86. The molecule has 0 aliphatic rings. The van der Waals surface area contributed by atoms with Crippen molar-refractivity contribution in [2.75, 3.05) is 18.8 Å². The highest BCUT2D eigenvalue weighted by molar-refractivity contribution is 5.73. The molecular formula is C11H14F3N3O2. The standard InChI is InChI=1S/C11H14F3N3O2/c12-11(13,14)6-17-10(19)16-5-9(18)7-1-3-8(15)4-2-7/h1-4,9,18H,5-6,15H2,(H2,16,17,19). The SMILES string of the molecule is Nc1ccc(C(O)CNC(=O)NCC(F)(F)F)cc1. The number of benzene rings is 1. The summed E-state index contributed by atoms with van der Waals surface area (Å²) in [6.07, 6.45) is -5.48. The van der Waals surface area contributed by atoms with Gasteiger partial charge in [-0.05, 0) is 17.7 Å². The third kappa shape index (κ3) is 5.96. The van der Waals surface area contributed by atoms with Crippen LogP contribution in [0.1, 0.15) is 11.7 Å². The zero-order valence-corrected chi connectivity index (χ0v) is 9.87. The molecule has 5 nitrogen and oxygen atoms in total. The Bertz CT molecular complexity index is 420. The maximum atomic E-state index is 11.8. The number of nitrogen functional groups attached to an aromatic ring is 1. The van der Waals surface area contributed by atoms with Gasteiger partial charge in [0.25, 0.3) is 0 Å². The van der Waals surface area contributed by atoms with Crippen molar-refractivity contribution in [2.24, 2.45) is 0 Å². The van der Waals surface area contributed by atoms with Gasteiger partial charge in [-0.2, -0.15) is 13.2 Å². The van der Waals surface area contributed by atoms with Crippen LogP contribution in [-0.2, 0) is 0 Å². The van der Waals surface area contributed by atoms with Crippen molar-refractivity contribution in [3.05, 3.63) is 29.8 Å². The monoisotopic (exact) mass is 277 g/mol. The molecule has 0 bridgehead atoms. The molecule has 0 aromatic heterocycles. The summed E-state index contributed by atoms with van der Waals surface area (Å²) in [5, 5.41) is 13.5. The van der Waals surface area contributed by atoms with Crippen molar-refractivity contribution in [3.8, 4) is 0 Å². The van der Waals surface area contributed by atoms with Crippen LogP contribution in [0.15, 0.2) is 24.3 Å². The molecule has 0 saturated heterocycles. The average molecular weight is 277 g/mol. The quantitative estimate of drug-likeness (QED) is 0.623. The second-order valence-corrected chi connectivity index (χ2v) is 3.86. The first kappa shape index (κ1) is 15.1. The Labute approximate surface area is 107 Å². The predicted molar refractivity (Wildman–Crippen MR) is 63.3 cm³/mol. The van der Waals surface area contributed by atoms with Gasteiger partial charge in [0.15, 0.2) is 0 Å². The lowest BCUT2D eigenvalue weighted by Gasteiger charge is -2.13. The fourth-order valence-electron chi connectivity index (χ4n) is 1.27. The molecule has 1 aromatic rings. The van der Waals surface area contributed by atoms with Crippen molar-refractivity contribution in [1.82, 2.24) is 10.6 Å². The third-order valence-corrected chi connectivity index (χ3v) is 2.23. The van der Waals surface area contributed by atoms with Crippen molar-refractivity contribution in [1.29, 1.82) is 0 Å². The van der Waals surface area contributed by atoms with Crippen LogP contribution in [0.25, 0.3) is 0 Å². The molecule has 19 heavy (non-hydrogen) atoms. The maximum Gasteiger partial charge on any atom is 0.405 e. The van der Waals surface area contributed by atoms with Gasteiger partial charge in [0.2, 0.25) is 0 Å². The van der Waals surface area contributed by atoms with Crippen LogP contribution < -0.4 is 16.4 Å². The lowest BCUT2D eigenvalue weighted by atomic mass is 10.1. The van der Waals surface area contributed by atoms with Crippen molar-refractivity contribution in [3.63, 3.8) is 0 Å². The summed E-state index contributed by atoms with van der Waals surface area (Å²) < 4.78 is 35.4. The van der Waals surface area contributed by atoms with Crippen LogP contribution in [0.3, 0.4) is 0 Å². The number of aliphatic hydroxyl groups is 1. The summed E-state index contributed by atoms with van der Waals surface area (Å²) in [7, 11) is 0. The summed E-state index contributed by atoms with van der Waals surface area (Å²) in [5.41, 5.74) is 6.49. The summed E-state index contributed by atoms with van der Waals surface area (Å²) in [6, 6.07) is 5.28. The summed E-state index contributed by atoms with van der Waals surface area (Å²) in [5.74, 6) is 0. The maximum absolute atomic E-state index is 11.8. The van der Waals surface area contributed by atoms with Crippen molar-refractivity contribution >= 4 is 11.7 Å². The van der Waals surface area contributed by atoms with E-state index >= 15 is 0 Å². The Morgan fingerprint density at radius 3 is 2.37 bits per heavy atom. The minimum atomic E-state index is -4.47. The number of aliphatic hydroxyl groups excluding tert-OH is 1. The smallest absolute Gasteiger partial charge is 0.399 e. The number of nitrogens with one attached hydrogen (secondary N) is 2. The molecule has 0 saturated carbocycles. The summed E-state index contributed by atoms with van der Waals surface area (Å²) in [4.78, 5) is 11.0. The molecule has 0 heterocycles. The number of nitrogens with two attached hydrogens (primary N) is 1. The lowest BCUT2D eigenvalue weighted by molar-refractivity contribution is -0.122. The Kier molecular flexibility index (Phi) is 4.99. The molecule has 106 valence electrons. The fraction of sp³-hybridized carbons (Fsp3) is 0.364. The Morgan fingerprint density at radius 2 is 1.84 bits per heavy atom. The first-order valence-electron chi connectivity index (χ1n) is 5.40. The number of halogens is 3. The summed E-state index contributed by atoms with van der Waals surface area (Å²) >= 11 is 0. The number of carbonyl (C=O) groups excluding carboxylic acids is 1. The van der Waals surface area contributed by atoms with E-state index < -0.39 is 24.9 Å². The highest BCUT2D eigenvalue weighted by Crippen LogP contribution is 2.14. The number of carbonyl (C=O) groups is 1. The molecule has 0 fully saturated rings. The number of hydrogen-bond acceptors (Lipinski definition) is 3. The molecule has 2 amide bonds. The Hall–Kier alpha value is -1.96. The molecule has 1 unspecified atom stereocenters. The number of hydrogen-bond donors (Lipinski definition) is 4. The lowest BCUT2D eigenvalue weighted by Crippen LogP contribution is -2.42. The van der Waals surface area contributed by atoms with Gasteiger partial charge in [0, 0.05) is 12.2 Å². The van der Waals surface area contributed by atoms with Crippen molar-refractivity contribution in [2.45, 2.75) is 12.3 Å². The second kappa shape index (κ2) is 6.28. The first-order chi connectivity index (χ1) is 8.78. The number of anilines is 1. The van der Waals surface area contributed by atoms with Crippen LogP contribution in [0.5, 0.6) is 0 Å². The highest BCUT2D eigenvalue weighted by Gasteiger charge is 2.27. The number of rotatable bonds is 4. The zero-order chi connectivity index (χ0) is 14.5. The molecule has 0 spiro atoms. The van der Waals surface area contributed by atoms with E-state index in [9.17, 15) is 23.1 Å². The largest absolute Gasteiger partial charge is 0.405 e. The van der Waals surface area contributed by atoms with E-state index in [2.05, 4.69) is 5.32 Å². The molecular weight excluding hydrogens is 263 g/mol. The van der Waals surface area contributed by atoms with E-state index in [4.69, 9.17) is 5.73 Å². The molecule has 5 N–H and O–H groups in total. The molecule has 1 rings (SSSR count). The normalized spacial score (nSPS) is 12.8. The van der Waals surface area contributed by atoms with Gasteiger partial charge in [-0.3, -0.25) is 0 Å². The average Bonchev–Trinajstić information content (AvgIpc) is 2.33. The van der Waals surface area contributed by atoms with E-state index in [0.717, 1.165) is 0 Å². The molecule has 0 aliphatic carbocycles. The number of urea groups is 1. The molecule has 0 aliphatic heterocycles. The number of alkyl halides is 3. The van der Waals surface area contributed by atoms with Crippen LogP contribution in [0.4, 0.5) is 23.7 Å². The first-order valence-corrected chi connectivity index (χ1v) is 5.40. The predicted octanol–water partition coefficient (Wildman–Crippen LogP) is 1.16. The zero-order valence-electron chi connectivity index (χ0n) is 9.87. The topological polar surface area (TPSA) is 87.4 Å².